The number of fused-ring (bicyclic) bond motifs is 1. The number of ketones is 1. The molecule has 2 aromatic carbocycles. The summed E-state index contributed by atoms with van der Waals surface area (Å²) in [6, 6.07) is 12.1. The first-order valence-electron chi connectivity index (χ1n) is 6.19. The largest absolute Gasteiger partial charge is 0.293 e. The second kappa shape index (κ2) is 4.83. The van der Waals surface area contributed by atoms with Gasteiger partial charge in [-0.05, 0) is 42.0 Å². The summed E-state index contributed by atoms with van der Waals surface area (Å²) in [4.78, 5) is 11.4. The molecule has 0 bridgehead atoms. The summed E-state index contributed by atoms with van der Waals surface area (Å²) in [5.41, 5.74) is 2.08. The van der Waals surface area contributed by atoms with Crippen LogP contribution in [0.3, 0.4) is 0 Å². The maximum atomic E-state index is 11.4. The van der Waals surface area contributed by atoms with Gasteiger partial charge < -0.3 is 0 Å². The molecule has 0 amide bonds. The van der Waals surface area contributed by atoms with Gasteiger partial charge in [0.15, 0.2) is 11.5 Å². The molecule has 0 aliphatic carbocycles. The number of hydrogen-bond acceptors (Lipinski definition) is 3. The Morgan fingerprint density at radius 1 is 1.15 bits per heavy atom. The molecule has 0 radical (unpaired) electrons. The molecule has 0 aliphatic heterocycles. The van der Waals surface area contributed by atoms with E-state index in [0.717, 1.165) is 26.6 Å². The Morgan fingerprint density at radius 2 is 1.85 bits per heavy atom. The second-order valence-electron chi connectivity index (χ2n) is 4.67. The Labute approximate surface area is 124 Å². The van der Waals surface area contributed by atoms with E-state index in [2.05, 4.69) is 32.3 Å². The van der Waals surface area contributed by atoms with E-state index < -0.39 is 0 Å². The quantitative estimate of drug-likeness (QED) is 0.673. The highest BCUT2D eigenvalue weighted by atomic mass is 79.9. The number of carbonyl (C=O) groups is 1. The molecule has 0 saturated heterocycles. The molecule has 4 nitrogen and oxygen atoms in total. The molecule has 5 heteroatoms. The van der Waals surface area contributed by atoms with Gasteiger partial charge in [-0.25, -0.2) is 4.68 Å². The molecule has 1 aromatic heterocycles. The lowest BCUT2D eigenvalue weighted by molar-refractivity contribution is 0.101. The summed E-state index contributed by atoms with van der Waals surface area (Å²) in [5.74, 6) is -0.0709. The first-order chi connectivity index (χ1) is 9.56. The summed E-state index contributed by atoms with van der Waals surface area (Å²) in [7, 11) is 0. The molecule has 0 unspecified atom stereocenters. The molecule has 0 N–H and O–H groups in total. The van der Waals surface area contributed by atoms with E-state index in [1.54, 1.807) is 4.68 Å². The van der Waals surface area contributed by atoms with Gasteiger partial charge in [0.25, 0.3) is 0 Å². The van der Waals surface area contributed by atoms with Crippen LogP contribution in [-0.4, -0.2) is 20.8 Å². The third-order valence-corrected chi connectivity index (χ3v) is 3.75. The first kappa shape index (κ1) is 13.0. The van der Waals surface area contributed by atoms with Crippen LogP contribution in [0, 0.1) is 6.92 Å². The fraction of sp³-hybridized carbons (Fsp3) is 0.133. The van der Waals surface area contributed by atoms with Crippen molar-refractivity contribution in [2.75, 3.05) is 0 Å². The summed E-state index contributed by atoms with van der Waals surface area (Å²) in [5, 5.41) is 10.3. The number of hydrogen-bond donors (Lipinski definition) is 0. The lowest BCUT2D eigenvalue weighted by atomic mass is 10.1. The number of aromatic nitrogens is 3. The number of Topliss-reactive ketones (excluding diaryl/α,β-unsaturated/α-hetero) is 1. The van der Waals surface area contributed by atoms with Gasteiger partial charge >= 0.3 is 0 Å². The minimum Gasteiger partial charge on any atom is -0.293 e. The van der Waals surface area contributed by atoms with Crippen molar-refractivity contribution in [3.63, 3.8) is 0 Å². The topological polar surface area (TPSA) is 47.8 Å². The number of benzene rings is 2. The van der Waals surface area contributed by atoms with Gasteiger partial charge in [-0.3, -0.25) is 4.79 Å². The first-order valence-corrected chi connectivity index (χ1v) is 6.98. The molecule has 20 heavy (non-hydrogen) atoms. The SMILES string of the molecule is CC(=O)c1nnn(-c2ccc3cc(Br)ccc3c2)c1C. The van der Waals surface area contributed by atoms with Crippen LogP contribution in [0.25, 0.3) is 16.5 Å². The summed E-state index contributed by atoms with van der Waals surface area (Å²) in [6.45, 7) is 3.35. The number of rotatable bonds is 2. The lowest BCUT2D eigenvalue weighted by Gasteiger charge is -2.05. The Bertz CT molecular complexity index is 823. The van der Waals surface area contributed by atoms with Crippen LogP contribution in [-0.2, 0) is 0 Å². The number of carbonyl (C=O) groups excluding carboxylic acids is 1. The number of nitrogens with zero attached hydrogens (tertiary/aromatic N) is 3. The Hall–Kier alpha value is -2.01. The van der Waals surface area contributed by atoms with Gasteiger partial charge in [0.2, 0.25) is 0 Å². The third kappa shape index (κ3) is 2.14. The molecule has 1 heterocycles. The molecule has 0 atom stereocenters. The third-order valence-electron chi connectivity index (χ3n) is 3.26. The van der Waals surface area contributed by atoms with E-state index in [1.165, 1.54) is 6.92 Å². The summed E-state index contributed by atoms with van der Waals surface area (Å²) in [6.07, 6.45) is 0. The van der Waals surface area contributed by atoms with Crippen molar-refractivity contribution in [1.82, 2.24) is 15.0 Å². The number of halogens is 1. The Morgan fingerprint density at radius 3 is 2.55 bits per heavy atom. The van der Waals surface area contributed by atoms with Crippen molar-refractivity contribution in [2.45, 2.75) is 13.8 Å². The van der Waals surface area contributed by atoms with Crippen molar-refractivity contribution in [3.8, 4) is 5.69 Å². The van der Waals surface area contributed by atoms with Crippen LogP contribution in [0.5, 0.6) is 0 Å². The van der Waals surface area contributed by atoms with Gasteiger partial charge in [0.1, 0.15) is 0 Å². The molecule has 0 aliphatic rings. The molecule has 3 rings (SSSR count). The fourth-order valence-corrected chi connectivity index (χ4v) is 2.61. The highest BCUT2D eigenvalue weighted by molar-refractivity contribution is 9.10. The zero-order valence-corrected chi connectivity index (χ0v) is 12.7. The molecule has 0 saturated carbocycles. The van der Waals surface area contributed by atoms with Crippen molar-refractivity contribution in [1.29, 1.82) is 0 Å². The van der Waals surface area contributed by atoms with Crippen LogP contribution in [0.2, 0.25) is 0 Å². The van der Waals surface area contributed by atoms with Gasteiger partial charge in [0.05, 0.1) is 11.4 Å². The average Bonchev–Trinajstić information content (AvgIpc) is 2.80. The second-order valence-corrected chi connectivity index (χ2v) is 5.58. The average molecular weight is 330 g/mol. The van der Waals surface area contributed by atoms with Gasteiger partial charge in [-0.2, -0.15) is 0 Å². The van der Waals surface area contributed by atoms with E-state index in [9.17, 15) is 4.79 Å². The van der Waals surface area contributed by atoms with Crippen LogP contribution in [0.4, 0.5) is 0 Å². The van der Waals surface area contributed by atoms with E-state index in [1.807, 2.05) is 37.3 Å². The van der Waals surface area contributed by atoms with Crippen molar-refractivity contribution in [2.24, 2.45) is 0 Å². The molecule has 0 fully saturated rings. The van der Waals surface area contributed by atoms with Crippen LogP contribution < -0.4 is 0 Å². The minimum absolute atomic E-state index is 0.0709. The smallest absolute Gasteiger partial charge is 0.181 e. The Balaban J connectivity index is 2.15. The summed E-state index contributed by atoms with van der Waals surface area (Å²) < 4.78 is 2.74. The van der Waals surface area contributed by atoms with E-state index >= 15 is 0 Å². The summed E-state index contributed by atoms with van der Waals surface area (Å²) >= 11 is 3.46. The molecule has 3 aromatic rings. The normalized spacial score (nSPS) is 10.9. The fourth-order valence-electron chi connectivity index (χ4n) is 2.24. The molecule has 100 valence electrons. The monoisotopic (exact) mass is 329 g/mol. The van der Waals surface area contributed by atoms with Gasteiger partial charge in [-0.1, -0.05) is 33.3 Å². The van der Waals surface area contributed by atoms with E-state index in [-0.39, 0.29) is 5.78 Å². The minimum atomic E-state index is -0.0709. The Kier molecular flexibility index (Phi) is 3.14. The highest BCUT2D eigenvalue weighted by Gasteiger charge is 2.13. The zero-order chi connectivity index (χ0) is 14.3. The van der Waals surface area contributed by atoms with Crippen molar-refractivity contribution < 1.29 is 4.79 Å². The maximum absolute atomic E-state index is 11.4. The molecular formula is C15H12BrN3O. The predicted octanol–water partition coefficient (Wildman–Crippen LogP) is 3.69. The predicted molar refractivity (Wildman–Crippen MR) is 81.3 cm³/mol. The molecular weight excluding hydrogens is 318 g/mol. The molecule has 0 spiro atoms. The van der Waals surface area contributed by atoms with Gasteiger partial charge in [-0.15, -0.1) is 5.10 Å². The van der Waals surface area contributed by atoms with Crippen molar-refractivity contribution >= 4 is 32.5 Å². The van der Waals surface area contributed by atoms with Gasteiger partial charge in [0, 0.05) is 11.4 Å². The highest BCUT2D eigenvalue weighted by Crippen LogP contribution is 2.23. The van der Waals surface area contributed by atoms with Crippen molar-refractivity contribution in [3.05, 3.63) is 52.3 Å². The van der Waals surface area contributed by atoms with E-state index in [4.69, 9.17) is 0 Å². The van der Waals surface area contributed by atoms with Crippen LogP contribution in [0.1, 0.15) is 23.1 Å². The lowest BCUT2D eigenvalue weighted by Crippen LogP contribution is -2.01. The van der Waals surface area contributed by atoms with Crippen LogP contribution >= 0.6 is 15.9 Å². The van der Waals surface area contributed by atoms with E-state index in [0.29, 0.717) is 5.69 Å². The van der Waals surface area contributed by atoms with Crippen LogP contribution in [0.15, 0.2) is 40.9 Å². The zero-order valence-electron chi connectivity index (χ0n) is 11.1. The standard InChI is InChI=1S/C15H12BrN3O/c1-9-15(10(2)20)17-18-19(9)14-6-4-11-7-13(16)5-3-12(11)8-14/h3-8H,1-2H3. The maximum Gasteiger partial charge on any atom is 0.181 e.